The fourth-order valence-corrected chi connectivity index (χ4v) is 2.31. The van der Waals surface area contributed by atoms with Gasteiger partial charge in [0, 0.05) is 23.7 Å². The maximum absolute atomic E-state index is 11.9. The third kappa shape index (κ3) is 3.92. The van der Waals surface area contributed by atoms with Crippen molar-refractivity contribution in [1.82, 2.24) is 5.32 Å². The predicted octanol–water partition coefficient (Wildman–Crippen LogP) is 2.86. The molecule has 0 aliphatic rings. The van der Waals surface area contributed by atoms with E-state index in [9.17, 15) is 14.7 Å². The largest absolute Gasteiger partial charge is 0.508 e. The highest BCUT2D eigenvalue weighted by Gasteiger charge is 2.04. The Labute approximate surface area is 137 Å². The highest BCUT2D eigenvalue weighted by molar-refractivity contribution is 5.92. The molecular formula is C18H16N2O4. The lowest BCUT2D eigenvalue weighted by Gasteiger charge is -2.08. The van der Waals surface area contributed by atoms with E-state index in [4.69, 9.17) is 4.42 Å². The second-order valence-corrected chi connectivity index (χ2v) is 5.30. The molecule has 1 aromatic heterocycles. The lowest BCUT2D eigenvalue weighted by atomic mass is 10.1. The molecule has 122 valence electrons. The lowest BCUT2D eigenvalue weighted by Crippen LogP contribution is -2.30. The second-order valence-electron chi connectivity index (χ2n) is 5.30. The van der Waals surface area contributed by atoms with Crippen LogP contribution in [-0.2, 0) is 6.42 Å². The van der Waals surface area contributed by atoms with Crippen molar-refractivity contribution in [1.29, 1.82) is 0 Å². The highest BCUT2D eigenvalue weighted by Crippen LogP contribution is 2.17. The number of carbonyl (C=O) groups excluding carboxylic acids is 1. The molecule has 2 amide bonds. The molecule has 0 saturated heterocycles. The first-order valence-corrected chi connectivity index (χ1v) is 7.47. The Morgan fingerprint density at radius 1 is 1.04 bits per heavy atom. The van der Waals surface area contributed by atoms with Gasteiger partial charge in [-0.15, -0.1) is 0 Å². The zero-order chi connectivity index (χ0) is 16.9. The molecule has 0 radical (unpaired) electrons. The zero-order valence-corrected chi connectivity index (χ0v) is 12.8. The van der Waals surface area contributed by atoms with Gasteiger partial charge in [0.05, 0.1) is 0 Å². The van der Waals surface area contributed by atoms with Gasteiger partial charge in [0.25, 0.3) is 0 Å². The Kier molecular flexibility index (Phi) is 4.47. The van der Waals surface area contributed by atoms with E-state index in [0.29, 0.717) is 24.2 Å². The summed E-state index contributed by atoms with van der Waals surface area (Å²) in [5, 5.41) is 15.5. The third-order valence-corrected chi connectivity index (χ3v) is 3.51. The van der Waals surface area contributed by atoms with Crippen molar-refractivity contribution in [3.63, 3.8) is 0 Å². The topological polar surface area (TPSA) is 91.6 Å². The van der Waals surface area contributed by atoms with Crippen molar-refractivity contribution >= 4 is 22.7 Å². The molecule has 0 bridgehead atoms. The van der Waals surface area contributed by atoms with E-state index in [-0.39, 0.29) is 11.8 Å². The van der Waals surface area contributed by atoms with Crippen molar-refractivity contribution < 1.29 is 14.3 Å². The van der Waals surface area contributed by atoms with Crippen LogP contribution in [0.4, 0.5) is 10.5 Å². The minimum absolute atomic E-state index is 0.219. The molecule has 0 aliphatic carbocycles. The summed E-state index contributed by atoms with van der Waals surface area (Å²) >= 11 is 0. The monoisotopic (exact) mass is 324 g/mol. The van der Waals surface area contributed by atoms with Crippen LogP contribution in [-0.4, -0.2) is 17.7 Å². The fourth-order valence-electron chi connectivity index (χ4n) is 2.31. The Morgan fingerprint density at radius 3 is 2.62 bits per heavy atom. The van der Waals surface area contributed by atoms with Gasteiger partial charge >= 0.3 is 11.7 Å². The zero-order valence-electron chi connectivity index (χ0n) is 12.8. The van der Waals surface area contributed by atoms with E-state index < -0.39 is 5.63 Å². The summed E-state index contributed by atoms with van der Waals surface area (Å²) in [7, 11) is 0. The number of anilines is 1. The molecular weight excluding hydrogens is 308 g/mol. The second kappa shape index (κ2) is 6.87. The summed E-state index contributed by atoms with van der Waals surface area (Å²) in [6, 6.07) is 14.6. The molecule has 3 aromatic rings. The van der Waals surface area contributed by atoms with Crippen LogP contribution in [0.1, 0.15) is 5.56 Å². The van der Waals surface area contributed by atoms with Gasteiger partial charge in [-0.25, -0.2) is 9.59 Å². The minimum atomic E-state index is -0.407. The Morgan fingerprint density at radius 2 is 1.83 bits per heavy atom. The summed E-state index contributed by atoms with van der Waals surface area (Å²) in [6.07, 6.45) is 0.663. The van der Waals surface area contributed by atoms with Crippen molar-refractivity contribution in [3.05, 3.63) is 70.6 Å². The number of phenolic OH excluding ortho intramolecular Hbond substituents is 1. The van der Waals surface area contributed by atoms with Crippen LogP contribution in [0.3, 0.4) is 0 Å². The number of rotatable bonds is 4. The summed E-state index contributed by atoms with van der Waals surface area (Å²) in [6.45, 7) is 0.471. The molecule has 0 fully saturated rings. The molecule has 0 unspecified atom stereocenters. The first-order valence-electron chi connectivity index (χ1n) is 7.47. The predicted molar refractivity (Wildman–Crippen MR) is 91.3 cm³/mol. The molecule has 0 saturated carbocycles. The first kappa shape index (κ1) is 15.6. The van der Waals surface area contributed by atoms with Gasteiger partial charge in [-0.3, -0.25) is 0 Å². The van der Waals surface area contributed by atoms with E-state index in [1.165, 1.54) is 6.07 Å². The maximum Gasteiger partial charge on any atom is 0.336 e. The molecule has 0 aliphatic heterocycles. The van der Waals surface area contributed by atoms with Gasteiger partial charge < -0.3 is 20.2 Å². The van der Waals surface area contributed by atoms with Crippen LogP contribution in [0.5, 0.6) is 5.75 Å². The molecule has 6 heteroatoms. The number of benzene rings is 2. The molecule has 24 heavy (non-hydrogen) atoms. The van der Waals surface area contributed by atoms with Crippen molar-refractivity contribution in [3.8, 4) is 5.75 Å². The summed E-state index contributed by atoms with van der Waals surface area (Å²) in [4.78, 5) is 23.1. The first-order chi connectivity index (χ1) is 11.6. The standard InChI is InChI=1S/C18H16N2O4/c21-15-5-1-12(2-6-15)9-10-19-18(23)20-14-4-7-16-13(11-14)3-8-17(22)24-16/h1-8,11,21H,9-10H2,(H2,19,20,23). The average Bonchev–Trinajstić information content (AvgIpc) is 2.57. The van der Waals surface area contributed by atoms with E-state index in [2.05, 4.69) is 10.6 Å². The van der Waals surface area contributed by atoms with E-state index in [1.807, 2.05) is 12.1 Å². The Hall–Kier alpha value is -3.28. The third-order valence-electron chi connectivity index (χ3n) is 3.51. The number of fused-ring (bicyclic) bond motifs is 1. The normalized spacial score (nSPS) is 10.5. The van der Waals surface area contributed by atoms with E-state index in [0.717, 1.165) is 10.9 Å². The minimum Gasteiger partial charge on any atom is -0.508 e. The average molecular weight is 324 g/mol. The van der Waals surface area contributed by atoms with Gasteiger partial charge in [0.1, 0.15) is 11.3 Å². The summed E-state index contributed by atoms with van der Waals surface area (Å²) in [5.41, 5.74) is 1.70. The van der Waals surface area contributed by atoms with Crippen molar-refractivity contribution in [2.45, 2.75) is 6.42 Å². The number of amides is 2. The van der Waals surface area contributed by atoms with E-state index in [1.54, 1.807) is 36.4 Å². The Bertz CT molecular complexity index is 916. The van der Waals surface area contributed by atoms with Crippen molar-refractivity contribution in [2.75, 3.05) is 11.9 Å². The van der Waals surface area contributed by atoms with Crippen LogP contribution in [0.2, 0.25) is 0 Å². The van der Waals surface area contributed by atoms with Gasteiger partial charge in [0.2, 0.25) is 0 Å². The molecule has 3 N–H and O–H groups in total. The van der Waals surface area contributed by atoms with Gasteiger partial charge in [-0.1, -0.05) is 12.1 Å². The molecule has 6 nitrogen and oxygen atoms in total. The molecule has 0 atom stereocenters. The van der Waals surface area contributed by atoms with Crippen LogP contribution in [0.15, 0.2) is 63.8 Å². The van der Waals surface area contributed by atoms with Crippen LogP contribution < -0.4 is 16.3 Å². The van der Waals surface area contributed by atoms with Crippen LogP contribution in [0.25, 0.3) is 11.0 Å². The number of hydrogen-bond donors (Lipinski definition) is 3. The number of carbonyl (C=O) groups is 1. The number of phenols is 1. The molecule has 3 rings (SSSR count). The lowest BCUT2D eigenvalue weighted by molar-refractivity contribution is 0.252. The molecule has 2 aromatic carbocycles. The quantitative estimate of drug-likeness (QED) is 0.644. The summed E-state index contributed by atoms with van der Waals surface area (Å²) in [5.74, 6) is 0.219. The van der Waals surface area contributed by atoms with Crippen molar-refractivity contribution in [2.24, 2.45) is 0 Å². The number of urea groups is 1. The highest BCUT2D eigenvalue weighted by atomic mass is 16.4. The van der Waals surface area contributed by atoms with Crippen LogP contribution in [0, 0.1) is 0 Å². The number of nitrogens with one attached hydrogen (secondary N) is 2. The van der Waals surface area contributed by atoms with E-state index >= 15 is 0 Å². The van der Waals surface area contributed by atoms with Gasteiger partial charge in [0.15, 0.2) is 0 Å². The van der Waals surface area contributed by atoms with Gasteiger partial charge in [-0.2, -0.15) is 0 Å². The SMILES string of the molecule is O=C(NCCc1ccc(O)cc1)Nc1ccc2oc(=O)ccc2c1. The number of aromatic hydroxyl groups is 1. The fraction of sp³-hybridized carbons (Fsp3) is 0.111. The molecule has 0 spiro atoms. The molecule has 1 heterocycles. The Balaban J connectivity index is 1.55. The smallest absolute Gasteiger partial charge is 0.336 e. The van der Waals surface area contributed by atoms with Crippen LogP contribution >= 0.6 is 0 Å². The maximum atomic E-state index is 11.9. The van der Waals surface area contributed by atoms with Gasteiger partial charge in [-0.05, 0) is 48.4 Å². The number of hydrogen-bond acceptors (Lipinski definition) is 4. The summed E-state index contributed by atoms with van der Waals surface area (Å²) < 4.78 is 5.04.